The Morgan fingerprint density at radius 3 is 2.85 bits per heavy atom. The van der Waals surface area contributed by atoms with Crippen LogP contribution in [0.4, 0.5) is 0 Å². The maximum absolute atomic E-state index is 5.89. The number of benzene rings is 1. The zero-order valence-electron chi connectivity index (χ0n) is 12.5. The number of furan rings is 1. The maximum atomic E-state index is 5.89. The summed E-state index contributed by atoms with van der Waals surface area (Å²) in [6, 6.07) is 8.11. The zero-order chi connectivity index (χ0) is 14.4. The van der Waals surface area contributed by atoms with E-state index in [1.54, 1.807) is 6.26 Å². The van der Waals surface area contributed by atoms with Gasteiger partial charge < -0.3 is 14.5 Å². The summed E-state index contributed by atoms with van der Waals surface area (Å²) in [6.45, 7) is 8.65. The van der Waals surface area contributed by atoms with E-state index in [1.807, 2.05) is 18.2 Å². The Labute approximate surface area is 121 Å². The van der Waals surface area contributed by atoms with Gasteiger partial charge in [-0.1, -0.05) is 19.1 Å². The molecule has 0 unspecified atom stereocenters. The molecule has 2 aromatic rings. The minimum absolute atomic E-state index is 0.473. The van der Waals surface area contributed by atoms with E-state index < -0.39 is 0 Å². The van der Waals surface area contributed by atoms with E-state index in [0.717, 1.165) is 31.0 Å². The van der Waals surface area contributed by atoms with Crippen molar-refractivity contribution in [1.82, 2.24) is 5.32 Å². The molecule has 1 aromatic heterocycles. The van der Waals surface area contributed by atoms with Crippen LogP contribution in [0.25, 0.3) is 0 Å². The van der Waals surface area contributed by atoms with Gasteiger partial charge in [-0.2, -0.15) is 0 Å². The van der Waals surface area contributed by atoms with Gasteiger partial charge in [-0.25, -0.2) is 0 Å². The lowest BCUT2D eigenvalue weighted by atomic mass is 10.1. The van der Waals surface area contributed by atoms with E-state index >= 15 is 0 Å². The summed E-state index contributed by atoms with van der Waals surface area (Å²) in [4.78, 5) is 0. The zero-order valence-corrected chi connectivity index (χ0v) is 12.5. The standard InChI is InChI=1S/C17H23NO2/c1-4-9-18-11-15-8-10-19-17(15)12-20-16-7-5-6-13(2)14(16)3/h5-8,10,18H,4,9,11-12H2,1-3H3. The van der Waals surface area contributed by atoms with Crippen molar-refractivity contribution in [3.05, 3.63) is 53.0 Å². The Morgan fingerprint density at radius 2 is 2.05 bits per heavy atom. The van der Waals surface area contributed by atoms with E-state index in [4.69, 9.17) is 9.15 Å². The molecule has 1 N–H and O–H groups in total. The van der Waals surface area contributed by atoms with Gasteiger partial charge in [-0.05, 0) is 50.1 Å². The molecule has 20 heavy (non-hydrogen) atoms. The van der Waals surface area contributed by atoms with Gasteiger partial charge in [0, 0.05) is 12.1 Å². The first-order valence-corrected chi connectivity index (χ1v) is 7.17. The predicted octanol–water partition coefficient (Wildman–Crippen LogP) is 3.98. The average molecular weight is 273 g/mol. The van der Waals surface area contributed by atoms with Crippen LogP contribution in [-0.4, -0.2) is 6.54 Å². The van der Waals surface area contributed by atoms with Crippen molar-refractivity contribution in [1.29, 1.82) is 0 Å². The van der Waals surface area contributed by atoms with E-state index in [-0.39, 0.29) is 0 Å². The summed E-state index contributed by atoms with van der Waals surface area (Å²) in [5.74, 6) is 1.82. The molecular weight excluding hydrogens is 250 g/mol. The lowest BCUT2D eigenvalue weighted by molar-refractivity contribution is 0.266. The average Bonchev–Trinajstić information content (AvgIpc) is 2.88. The number of hydrogen-bond acceptors (Lipinski definition) is 3. The van der Waals surface area contributed by atoms with Gasteiger partial charge in [0.05, 0.1) is 6.26 Å². The third-order valence-corrected chi connectivity index (χ3v) is 3.49. The Bertz CT molecular complexity index is 546. The molecule has 1 heterocycles. The summed E-state index contributed by atoms with van der Waals surface area (Å²) < 4.78 is 11.4. The molecule has 0 atom stereocenters. The van der Waals surface area contributed by atoms with Gasteiger partial charge >= 0.3 is 0 Å². The fourth-order valence-electron chi connectivity index (χ4n) is 2.07. The molecule has 2 rings (SSSR count). The van der Waals surface area contributed by atoms with Gasteiger partial charge in [0.25, 0.3) is 0 Å². The van der Waals surface area contributed by atoms with Crippen LogP contribution in [0.2, 0.25) is 0 Å². The van der Waals surface area contributed by atoms with Gasteiger partial charge in [-0.3, -0.25) is 0 Å². The van der Waals surface area contributed by atoms with Crippen LogP contribution in [0.3, 0.4) is 0 Å². The summed E-state index contributed by atoms with van der Waals surface area (Å²) in [5, 5.41) is 3.38. The molecule has 0 saturated carbocycles. The van der Waals surface area contributed by atoms with Gasteiger partial charge in [0.2, 0.25) is 0 Å². The summed E-state index contributed by atoms with van der Waals surface area (Å²) in [5.41, 5.74) is 3.60. The summed E-state index contributed by atoms with van der Waals surface area (Å²) in [6.07, 6.45) is 2.86. The monoisotopic (exact) mass is 273 g/mol. The third kappa shape index (κ3) is 3.64. The molecule has 0 saturated heterocycles. The fraction of sp³-hybridized carbons (Fsp3) is 0.412. The number of ether oxygens (including phenoxy) is 1. The van der Waals surface area contributed by atoms with Crippen LogP contribution < -0.4 is 10.1 Å². The second-order valence-electron chi connectivity index (χ2n) is 5.03. The maximum Gasteiger partial charge on any atom is 0.146 e. The molecule has 0 bridgehead atoms. The minimum atomic E-state index is 0.473. The highest BCUT2D eigenvalue weighted by atomic mass is 16.5. The van der Waals surface area contributed by atoms with Crippen molar-refractivity contribution in [2.45, 2.75) is 40.3 Å². The Morgan fingerprint density at radius 1 is 1.20 bits per heavy atom. The van der Waals surface area contributed by atoms with Crippen molar-refractivity contribution in [2.75, 3.05) is 6.54 Å². The highest BCUT2D eigenvalue weighted by Crippen LogP contribution is 2.22. The lowest BCUT2D eigenvalue weighted by Crippen LogP contribution is -2.14. The molecule has 1 aromatic carbocycles. The van der Waals surface area contributed by atoms with Crippen molar-refractivity contribution in [3.8, 4) is 5.75 Å². The highest BCUT2D eigenvalue weighted by Gasteiger charge is 2.08. The normalized spacial score (nSPS) is 10.8. The van der Waals surface area contributed by atoms with E-state index in [0.29, 0.717) is 6.61 Å². The predicted molar refractivity (Wildman–Crippen MR) is 81.0 cm³/mol. The second kappa shape index (κ2) is 7.15. The molecule has 0 radical (unpaired) electrons. The van der Waals surface area contributed by atoms with Gasteiger partial charge in [0.15, 0.2) is 0 Å². The molecule has 0 aliphatic heterocycles. The Kier molecular flexibility index (Phi) is 5.24. The first-order chi connectivity index (χ1) is 9.72. The Hall–Kier alpha value is -1.74. The van der Waals surface area contributed by atoms with Crippen molar-refractivity contribution >= 4 is 0 Å². The summed E-state index contributed by atoms with van der Waals surface area (Å²) >= 11 is 0. The van der Waals surface area contributed by atoms with Crippen LogP contribution in [0.5, 0.6) is 5.75 Å². The van der Waals surface area contributed by atoms with Crippen LogP contribution in [0, 0.1) is 13.8 Å². The topological polar surface area (TPSA) is 34.4 Å². The van der Waals surface area contributed by atoms with E-state index in [9.17, 15) is 0 Å². The molecule has 0 fully saturated rings. The van der Waals surface area contributed by atoms with Crippen LogP contribution in [0.15, 0.2) is 34.9 Å². The van der Waals surface area contributed by atoms with E-state index in [1.165, 1.54) is 16.7 Å². The molecule has 0 amide bonds. The van der Waals surface area contributed by atoms with Gasteiger partial charge in [0.1, 0.15) is 18.1 Å². The summed E-state index contributed by atoms with van der Waals surface area (Å²) in [7, 11) is 0. The fourth-order valence-corrected chi connectivity index (χ4v) is 2.07. The van der Waals surface area contributed by atoms with Crippen molar-refractivity contribution < 1.29 is 9.15 Å². The first kappa shape index (κ1) is 14.7. The third-order valence-electron chi connectivity index (χ3n) is 3.49. The second-order valence-corrected chi connectivity index (χ2v) is 5.03. The van der Waals surface area contributed by atoms with Crippen LogP contribution in [-0.2, 0) is 13.2 Å². The number of rotatable bonds is 7. The van der Waals surface area contributed by atoms with Gasteiger partial charge in [-0.15, -0.1) is 0 Å². The first-order valence-electron chi connectivity index (χ1n) is 7.17. The molecule has 3 heteroatoms. The molecule has 3 nitrogen and oxygen atoms in total. The van der Waals surface area contributed by atoms with Crippen LogP contribution >= 0.6 is 0 Å². The van der Waals surface area contributed by atoms with Crippen molar-refractivity contribution in [2.24, 2.45) is 0 Å². The number of nitrogens with one attached hydrogen (secondary N) is 1. The Balaban J connectivity index is 1.97. The molecule has 108 valence electrons. The smallest absolute Gasteiger partial charge is 0.146 e. The molecule has 0 spiro atoms. The highest BCUT2D eigenvalue weighted by molar-refractivity contribution is 5.38. The lowest BCUT2D eigenvalue weighted by Gasteiger charge is -2.10. The number of hydrogen-bond donors (Lipinski definition) is 1. The minimum Gasteiger partial charge on any atom is -0.485 e. The quantitative estimate of drug-likeness (QED) is 0.775. The SMILES string of the molecule is CCCNCc1ccoc1COc1cccc(C)c1C. The largest absolute Gasteiger partial charge is 0.485 e. The van der Waals surface area contributed by atoms with Crippen molar-refractivity contribution in [3.63, 3.8) is 0 Å². The van der Waals surface area contributed by atoms with Crippen LogP contribution in [0.1, 0.15) is 35.8 Å². The van der Waals surface area contributed by atoms with E-state index in [2.05, 4.69) is 32.2 Å². The molecule has 0 aliphatic carbocycles. The number of aryl methyl sites for hydroxylation is 1. The molecular formula is C17H23NO2. The molecule has 0 aliphatic rings.